The van der Waals surface area contributed by atoms with Crippen molar-refractivity contribution in [2.24, 2.45) is 12.0 Å². The Balaban J connectivity index is 2.31. The lowest BCUT2D eigenvalue weighted by atomic mass is 10.1. The summed E-state index contributed by atoms with van der Waals surface area (Å²) in [6.45, 7) is 3.40. The van der Waals surface area contributed by atoms with Crippen molar-refractivity contribution < 1.29 is 9.90 Å². The van der Waals surface area contributed by atoms with Gasteiger partial charge in [0.15, 0.2) is 0 Å². The zero-order valence-electron chi connectivity index (χ0n) is 13.8. The highest BCUT2D eigenvalue weighted by Gasteiger charge is 2.16. The van der Waals surface area contributed by atoms with Crippen LogP contribution in [0.5, 0.6) is 5.88 Å². The lowest BCUT2D eigenvalue weighted by Gasteiger charge is -2.09. The van der Waals surface area contributed by atoms with Crippen molar-refractivity contribution in [2.75, 3.05) is 5.32 Å². The lowest BCUT2D eigenvalue weighted by Crippen LogP contribution is -2.22. The molecule has 0 aliphatic carbocycles. The first-order valence-electron chi connectivity index (χ1n) is 7.20. The van der Waals surface area contributed by atoms with Gasteiger partial charge in [0.2, 0.25) is 5.88 Å². The third kappa shape index (κ3) is 3.78. The first kappa shape index (κ1) is 18.4. The van der Waals surface area contributed by atoms with Gasteiger partial charge in [-0.2, -0.15) is 5.26 Å². The van der Waals surface area contributed by atoms with Crippen LogP contribution >= 0.6 is 15.9 Å². The number of pyridine rings is 1. The van der Waals surface area contributed by atoms with Crippen LogP contribution in [0.25, 0.3) is 0 Å². The van der Waals surface area contributed by atoms with E-state index in [0.29, 0.717) is 5.69 Å². The predicted octanol–water partition coefficient (Wildman–Crippen LogP) is 2.99. The molecule has 2 aromatic rings. The SMILES string of the molecule is Cc1cc(NC(=O)/N=C/c2c(C)c(C#N)c(=O)n(C)c2O)ccc1Br. The summed E-state index contributed by atoms with van der Waals surface area (Å²) in [5.41, 5.74) is 1.21. The number of carbonyl (C=O) groups is 1. The Kier molecular flexibility index (Phi) is 5.39. The molecule has 2 rings (SSSR count). The van der Waals surface area contributed by atoms with E-state index in [9.17, 15) is 14.7 Å². The Labute approximate surface area is 152 Å². The third-order valence-corrected chi connectivity index (χ3v) is 4.58. The van der Waals surface area contributed by atoms with Gasteiger partial charge in [-0.1, -0.05) is 15.9 Å². The molecule has 1 aromatic heterocycles. The second-order valence-corrected chi connectivity index (χ2v) is 6.22. The molecule has 2 N–H and O–H groups in total. The number of nitrogens with zero attached hydrogens (tertiary/aromatic N) is 3. The van der Waals surface area contributed by atoms with Crippen molar-refractivity contribution in [2.45, 2.75) is 13.8 Å². The number of hydrogen-bond donors (Lipinski definition) is 2. The number of aromatic nitrogens is 1. The highest BCUT2D eigenvalue weighted by molar-refractivity contribution is 9.10. The Hall–Kier alpha value is -2.92. The number of anilines is 1. The molecule has 8 heteroatoms. The van der Waals surface area contributed by atoms with Crippen LogP contribution in [0.3, 0.4) is 0 Å². The highest BCUT2D eigenvalue weighted by Crippen LogP contribution is 2.21. The Bertz CT molecular complexity index is 987. The summed E-state index contributed by atoms with van der Waals surface area (Å²) in [6, 6.07) is 6.45. The van der Waals surface area contributed by atoms with E-state index in [0.717, 1.165) is 20.8 Å². The molecule has 128 valence electrons. The van der Waals surface area contributed by atoms with E-state index in [1.807, 2.05) is 6.92 Å². The van der Waals surface area contributed by atoms with Gasteiger partial charge in [-0.15, -0.1) is 0 Å². The average molecular weight is 403 g/mol. The standard InChI is InChI=1S/C17H15BrN4O3/c1-9-6-11(4-5-14(9)18)21-17(25)20-8-13-10(2)12(7-19)15(23)22(3)16(13)24/h4-6,8,24H,1-3H3,(H,21,25)/b20-8+. The fourth-order valence-electron chi connectivity index (χ4n) is 2.19. The molecule has 0 saturated carbocycles. The number of hydrogen-bond acceptors (Lipinski definition) is 4. The molecule has 0 bridgehead atoms. The molecule has 0 unspecified atom stereocenters. The number of aryl methyl sites for hydroxylation is 1. The molecule has 0 spiro atoms. The van der Waals surface area contributed by atoms with E-state index >= 15 is 0 Å². The van der Waals surface area contributed by atoms with Gasteiger partial charge in [-0.05, 0) is 43.2 Å². The molecule has 0 radical (unpaired) electrons. The van der Waals surface area contributed by atoms with Crippen molar-refractivity contribution in [1.29, 1.82) is 5.26 Å². The molecule has 0 aliphatic heterocycles. The molecule has 1 heterocycles. The van der Waals surface area contributed by atoms with E-state index in [2.05, 4.69) is 26.2 Å². The number of benzene rings is 1. The predicted molar refractivity (Wildman–Crippen MR) is 98.3 cm³/mol. The number of nitrogens with one attached hydrogen (secondary N) is 1. The van der Waals surface area contributed by atoms with Crippen LogP contribution < -0.4 is 10.9 Å². The van der Waals surface area contributed by atoms with Gasteiger partial charge in [-0.3, -0.25) is 9.36 Å². The highest BCUT2D eigenvalue weighted by atomic mass is 79.9. The summed E-state index contributed by atoms with van der Waals surface area (Å²) in [5.74, 6) is -0.363. The van der Waals surface area contributed by atoms with Crippen LogP contribution in [0.15, 0.2) is 32.5 Å². The summed E-state index contributed by atoms with van der Waals surface area (Å²) >= 11 is 3.37. The molecule has 2 amide bonds. The summed E-state index contributed by atoms with van der Waals surface area (Å²) in [4.78, 5) is 27.6. The summed E-state index contributed by atoms with van der Waals surface area (Å²) in [6.07, 6.45) is 1.13. The van der Waals surface area contributed by atoms with Gasteiger partial charge in [0.25, 0.3) is 5.56 Å². The Morgan fingerprint density at radius 1 is 1.44 bits per heavy atom. The monoisotopic (exact) mass is 402 g/mol. The van der Waals surface area contributed by atoms with Crippen LogP contribution in [0, 0.1) is 25.2 Å². The maximum absolute atomic E-state index is 12.0. The topological polar surface area (TPSA) is 107 Å². The second-order valence-electron chi connectivity index (χ2n) is 5.37. The van der Waals surface area contributed by atoms with E-state index in [-0.39, 0.29) is 22.6 Å². The van der Waals surface area contributed by atoms with Crippen LogP contribution in [0.1, 0.15) is 22.3 Å². The number of aromatic hydroxyl groups is 1. The number of nitriles is 1. The van der Waals surface area contributed by atoms with Gasteiger partial charge in [0.1, 0.15) is 11.6 Å². The molecular formula is C17H15BrN4O3. The summed E-state index contributed by atoms with van der Waals surface area (Å²) in [7, 11) is 1.33. The van der Waals surface area contributed by atoms with E-state index in [1.165, 1.54) is 14.0 Å². The minimum Gasteiger partial charge on any atom is -0.494 e. The fourth-order valence-corrected chi connectivity index (χ4v) is 2.44. The van der Waals surface area contributed by atoms with E-state index in [4.69, 9.17) is 5.26 Å². The Morgan fingerprint density at radius 2 is 2.12 bits per heavy atom. The number of rotatable bonds is 2. The number of halogens is 1. The van der Waals surface area contributed by atoms with Crippen molar-refractivity contribution in [3.63, 3.8) is 0 Å². The summed E-state index contributed by atoms with van der Waals surface area (Å²) in [5, 5.41) is 21.8. The van der Waals surface area contributed by atoms with Crippen molar-refractivity contribution in [1.82, 2.24) is 4.57 Å². The van der Waals surface area contributed by atoms with Gasteiger partial charge in [-0.25, -0.2) is 9.79 Å². The third-order valence-electron chi connectivity index (χ3n) is 3.69. The van der Waals surface area contributed by atoms with Crippen LogP contribution in [-0.4, -0.2) is 21.9 Å². The second kappa shape index (κ2) is 7.32. The first-order chi connectivity index (χ1) is 11.8. The largest absolute Gasteiger partial charge is 0.494 e. The maximum Gasteiger partial charge on any atom is 0.345 e. The minimum atomic E-state index is -0.645. The zero-order valence-corrected chi connectivity index (χ0v) is 15.4. The number of carbonyl (C=O) groups excluding carboxylic acids is 1. The normalized spacial score (nSPS) is 10.7. The molecule has 0 aliphatic rings. The molecule has 1 aromatic carbocycles. The van der Waals surface area contributed by atoms with Gasteiger partial charge in [0.05, 0.1) is 5.56 Å². The number of urea groups is 1. The average Bonchev–Trinajstić information content (AvgIpc) is 2.57. The van der Waals surface area contributed by atoms with Crippen LogP contribution in [-0.2, 0) is 7.05 Å². The lowest BCUT2D eigenvalue weighted by molar-refractivity contribution is 0.259. The molecule has 0 atom stereocenters. The van der Waals surface area contributed by atoms with E-state index in [1.54, 1.807) is 24.3 Å². The molecular weight excluding hydrogens is 388 g/mol. The van der Waals surface area contributed by atoms with Gasteiger partial charge >= 0.3 is 6.03 Å². The van der Waals surface area contributed by atoms with E-state index < -0.39 is 11.6 Å². The number of amides is 2. The molecule has 0 saturated heterocycles. The van der Waals surface area contributed by atoms with Crippen molar-refractivity contribution in [3.8, 4) is 11.9 Å². The van der Waals surface area contributed by atoms with Crippen LogP contribution in [0.4, 0.5) is 10.5 Å². The molecule has 25 heavy (non-hydrogen) atoms. The first-order valence-corrected chi connectivity index (χ1v) is 7.99. The molecule has 0 fully saturated rings. The van der Waals surface area contributed by atoms with Crippen molar-refractivity contribution >= 4 is 33.9 Å². The van der Waals surface area contributed by atoms with Gasteiger partial charge in [0, 0.05) is 23.4 Å². The summed E-state index contributed by atoms with van der Waals surface area (Å²) < 4.78 is 1.85. The van der Waals surface area contributed by atoms with Crippen molar-refractivity contribution in [3.05, 3.63) is 55.3 Å². The van der Waals surface area contributed by atoms with Crippen LogP contribution in [0.2, 0.25) is 0 Å². The smallest absolute Gasteiger partial charge is 0.345 e. The minimum absolute atomic E-state index is 0.106. The maximum atomic E-state index is 12.0. The zero-order chi connectivity index (χ0) is 18.7. The number of aliphatic imine (C=N–C) groups is 1. The quantitative estimate of drug-likeness (QED) is 0.752. The fraction of sp³-hybridized carbons (Fsp3) is 0.176. The van der Waals surface area contributed by atoms with Gasteiger partial charge < -0.3 is 10.4 Å². The molecule has 7 nitrogen and oxygen atoms in total. The Morgan fingerprint density at radius 3 is 2.72 bits per heavy atom.